The Kier molecular flexibility index (Phi) is 6.10. The largest absolute Gasteiger partial charge is 0.339 e. The molecular weight excluding hydrogens is 438 g/mol. The topological polar surface area (TPSA) is 60.9 Å². The fourth-order valence-corrected chi connectivity index (χ4v) is 7.11. The van der Waals surface area contributed by atoms with Crippen molar-refractivity contribution < 1.29 is 13.2 Å². The summed E-state index contributed by atoms with van der Waals surface area (Å²) >= 11 is 8.61. The molecule has 10 heteroatoms. The Morgan fingerprint density at radius 3 is 2.50 bits per heavy atom. The van der Waals surface area contributed by atoms with Crippen LogP contribution in [0.1, 0.15) is 18.4 Å². The van der Waals surface area contributed by atoms with Crippen LogP contribution in [0.5, 0.6) is 0 Å². The van der Waals surface area contributed by atoms with Crippen molar-refractivity contribution in [2.24, 2.45) is 0 Å². The first-order valence-corrected chi connectivity index (χ1v) is 12.8. The second-order valence-electron chi connectivity index (χ2n) is 7.11. The smallest absolute Gasteiger partial charge is 0.252 e. The number of hydrogen-bond donors (Lipinski definition) is 0. The van der Waals surface area contributed by atoms with E-state index in [0.717, 1.165) is 30.7 Å². The van der Waals surface area contributed by atoms with Crippen LogP contribution in [0.2, 0.25) is 4.34 Å². The Hall–Kier alpha value is -0.970. The van der Waals surface area contributed by atoms with E-state index < -0.39 is 10.0 Å². The van der Waals surface area contributed by atoms with Gasteiger partial charge in [0, 0.05) is 38.8 Å². The lowest BCUT2D eigenvalue weighted by Crippen LogP contribution is -2.52. The van der Waals surface area contributed by atoms with Crippen LogP contribution in [0.3, 0.4) is 0 Å². The second kappa shape index (κ2) is 8.41. The van der Waals surface area contributed by atoms with Gasteiger partial charge in [0.15, 0.2) is 0 Å². The summed E-state index contributed by atoms with van der Waals surface area (Å²) in [6.45, 7) is 2.68. The van der Waals surface area contributed by atoms with E-state index in [-0.39, 0.29) is 10.1 Å². The van der Waals surface area contributed by atoms with Gasteiger partial charge >= 0.3 is 0 Å². The molecule has 1 aliphatic heterocycles. The van der Waals surface area contributed by atoms with Gasteiger partial charge in [-0.3, -0.25) is 9.69 Å². The maximum absolute atomic E-state index is 12.8. The molecule has 0 N–H and O–H groups in total. The van der Waals surface area contributed by atoms with Crippen molar-refractivity contribution in [3.63, 3.8) is 0 Å². The van der Waals surface area contributed by atoms with E-state index in [1.165, 1.54) is 15.9 Å². The van der Waals surface area contributed by atoms with E-state index in [1.54, 1.807) is 22.3 Å². The van der Waals surface area contributed by atoms with Crippen LogP contribution in [-0.4, -0.2) is 67.2 Å². The predicted molar refractivity (Wildman–Crippen MR) is 112 cm³/mol. The standard InChI is InChI=1S/C18H22ClN3O3S3/c19-16-3-4-18(27-16)28(24,25)22-8-6-20(7-9-22)17(23)12-21(15-1-2-15)11-14-5-10-26-13-14/h3-5,10,13,15H,1-2,6-9,11-12H2. The Balaban J connectivity index is 1.33. The Morgan fingerprint density at radius 1 is 1.18 bits per heavy atom. The molecular formula is C18H22ClN3O3S3. The van der Waals surface area contributed by atoms with Crippen molar-refractivity contribution in [3.8, 4) is 0 Å². The zero-order chi connectivity index (χ0) is 19.7. The number of sulfonamides is 1. The Morgan fingerprint density at radius 2 is 1.93 bits per heavy atom. The normalized spacial score (nSPS) is 18.7. The quantitative estimate of drug-likeness (QED) is 0.638. The lowest BCUT2D eigenvalue weighted by molar-refractivity contribution is -0.133. The van der Waals surface area contributed by atoms with E-state index >= 15 is 0 Å². The first-order chi connectivity index (χ1) is 13.4. The fourth-order valence-electron chi connectivity index (χ4n) is 3.39. The van der Waals surface area contributed by atoms with Crippen LogP contribution < -0.4 is 0 Å². The third kappa shape index (κ3) is 4.60. The van der Waals surface area contributed by atoms with Gasteiger partial charge < -0.3 is 4.90 Å². The lowest BCUT2D eigenvalue weighted by Gasteiger charge is -2.35. The van der Waals surface area contributed by atoms with Gasteiger partial charge in [-0.05, 0) is 47.4 Å². The van der Waals surface area contributed by atoms with Gasteiger partial charge in [0.05, 0.1) is 10.9 Å². The van der Waals surface area contributed by atoms with Crippen molar-refractivity contribution in [3.05, 3.63) is 38.9 Å². The highest BCUT2D eigenvalue weighted by molar-refractivity contribution is 7.91. The predicted octanol–water partition coefficient (Wildman–Crippen LogP) is 2.96. The van der Waals surface area contributed by atoms with Crippen molar-refractivity contribution >= 4 is 50.2 Å². The van der Waals surface area contributed by atoms with Gasteiger partial charge in [0.1, 0.15) is 4.21 Å². The van der Waals surface area contributed by atoms with Gasteiger partial charge in [0.25, 0.3) is 10.0 Å². The summed E-state index contributed by atoms with van der Waals surface area (Å²) in [4.78, 5) is 16.8. The first-order valence-electron chi connectivity index (χ1n) is 9.22. The molecule has 2 aromatic rings. The molecule has 4 rings (SSSR count). The molecule has 1 saturated heterocycles. The molecule has 28 heavy (non-hydrogen) atoms. The summed E-state index contributed by atoms with van der Waals surface area (Å²) in [5.74, 6) is 0.0818. The number of nitrogens with zero attached hydrogens (tertiary/aromatic N) is 3. The van der Waals surface area contributed by atoms with Crippen LogP contribution >= 0.6 is 34.3 Å². The number of carbonyl (C=O) groups is 1. The number of amides is 1. The number of carbonyl (C=O) groups excluding carboxylic acids is 1. The highest BCUT2D eigenvalue weighted by Crippen LogP contribution is 2.30. The third-order valence-corrected chi connectivity index (χ3v) is 9.43. The van der Waals surface area contributed by atoms with Crippen molar-refractivity contribution in [2.45, 2.75) is 29.6 Å². The summed E-state index contributed by atoms with van der Waals surface area (Å²) in [7, 11) is -3.53. The van der Waals surface area contributed by atoms with E-state index in [2.05, 4.69) is 21.7 Å². The number of rotatable bonds is 7. The molecule has 0 spiro atoms. The van der Waals surface area contributed by atoms with Crippen LogP contribution in [0.4, 0.5) is 0 Å². The highest BCUT2D eigenvalue weighted by Gasteiger charge is 2.34. The molecule has 0 aromatic carbocycles. The third-order valence-electron chi connectivity index (χ3n) is 5.10. The number of hydrogen-bond acceptors (Lipinski definition) is 6. The summed E-state index contributed by atoms with van der Waals surface area (Å²) in [5, 5.41) is 4.18. The van der Waals surface area contributed by atoms with Gasteiger partial charge in [-0.25, -0.2) is 8.42 Å². The summed E-state index contributed by atoms with van der Waals surface area (Å²) in [6, 6.07) is 5.73. The molecule has 0 radical (unpaired) electrons. The maximum Gasteiger partial charge on any atom is 0.252 e. The zero-order valence-corrected chi connectivity index (χ0v) is 18.5. The molecule has 2 aromatic heterocycles. The molecule has 2 fully saturated rings. The van der Waals surface area contributed by atoms with Gasteiger partial charge in [-0.1, -0.05) is 11.6 Å². The number of halogens is 1. The fraction of sp³-hybridized carbons (Fsp3) is 0.500. The molecule has 1 saturated carbocycles. The Labute approximate surface area is 178 Å². The monoisotopic (exact) mass is 459 g/mol. The van der Waals surface area contributed by atoms with Crippen LogP contribution in [-0.2, 0) is 21.4 Å². The van der Waals surface area contributed by atoms with Crippen LogP contribution in [0, 0.1) is 0 Å². The average molecular weight is 460 g/mol. The minimum Gasteiger partial charge on any atom is -0.339 e. The first kappa shape index (κ1) is 20.3. The zero-order valence-electron chi connectivity index (χ0n) is 15.3. The minimum absolute atomic E-state index is 0.0818. The number of piperazine rings is 1. The summed E-state index contributed by atoms with van der Waals surface area (Å²) in [5.41, 5.74) is 1.25. The molecule has 6 nitrogen and oxygen atoms in total. The van der Waals surface area contributed by atoms with Gasteiger partial charge in [0.2, 0.25) is 5.91 Å². The molecule has 0 unspecified atom stereocenters. The SMILES string of the molecule is O=C(CN(Cc1ccsc1)C1CC1)N1CCN(S(=O)(=O)c2ccc(Cl)s2)CC1. The average Bonchev–Trinajstić information content (AvgIpc) is 3.22. The Bertz CT molecular complexity index is 917. The highest BCUT2D eigenvalue weighted by atomic mass is 35.5. The van der Waals surface area contributed by atoms with Crippen molar-refractivity contribution in [2.75, 3.05) is 32.7 Å². The molecule has 152 valence electrons. The minimum atomic E-state index is -3.53. The second-order valence-corrected chi connectivity index (χ2v) is 11.8. The molecule has 0 bridgehead atoms. The van der Waals surface area contributed by atoms with Crippen LogP contribution in [0.25, 0.3) is 0 Å². The summed E-state index contributed by atoms with van der Waals surface area (Å²) < 4.78 is 27.6. The molecule has 1 aliphatic carbocycles. The maximum atomic E-state index is 12.8. The van der Waals surface area contributed by atoms with Gasteiger partial charge in [-0.15, -0.1) is 11.3 Å². The van der Waals surface area contributed by atoms with E-state index in [9.17, 15) is 13.2 Å². The van der Waals surface area contributed by atoms with E-state index in [1.807, 2.05) is 0 Å². The molecule has 3 heterocycles. The molecule has 1 amide bonds. The van der Waals surface area contributed by atoms with Crippen molar-refractivity contribution in [1.29, 1.82) is 0 Å². The van der Waals surface area contributed by atoms with E-state index in [4.69, 9.17) is 11.6 Å². The molecule has 0 atom stereocenters. The van der Waals surface area contributed by atoms with Crippen molar-refractivity contribution in [1.82, 2.24) is 14.1 Å². The summed E-state index contributed by atoms with van der Waals surface area (Å²) in [6.07, 6.45) is 2.29. The van der Waals surface area contributed by atoms with Gasteiger partial charge in [-0.2, -0.15) is 15.6 Å². The van der Waals surface area contributed by atoms with E-state index in [0.29, 0.717) is 43.1 Å². The number of thiophene rings is 2. The van der Waals surface area contributed by atoms with Crippen LogP contribution in [0.15, 0.2) is 33.2 Å². The lowest BCUT2D eigenvalue weighted by atomic mass is 10.3. The molecule has 2 aliphatic rings.